The van der Waals surface area contributed by atoms with Crippen molar-refractivity contribution in [1.29, 1.82) is 0 Å². The van der Waals surface area contributed by atoms with Crippen molar-refractivity contribution in [2.75, 3.05) is 0 Å². The molecule has 0 radical (unpaired) electrons. The predicted octanol–water partition coefficient (Wildman–Crippen LogP) is 1.24. The van der Waals surface area contributed by atoms with Crippen LogP contribution in [0.2, 0.25) is 0 Å². The van der Waals surface area contributed by atoms with Crippen molar-refractivity contribution in [3.8, 4) is 5.75 Å². The molecule has 0 aliphatic heterocycles. The molecule has 0 aliphatic carbocycles. The fraction of sp³-hybridized carbons (Fsp3) is 0.364. The Kier molecular flexibility index (Phi) is 3.65. The molecule has 1 rings (SSSR count). The van der Waals surface area contributed by atoms with Gasteiger partial charge >= 0.3 is 0 Å². The Hall–Kier alpha value is -1.35. The summed E-state index contributed by atoms with van der Waals surface area (Å²) in [6.45, 7) is 1.80. The normalized spacial score (nSPS) is 12.4. The fourth-order valence-electron chi connectivity index (χ4n) is 1.26. The number of Topliss-reactive ketones (excluding diaryl/α,β-unsaturated/α-hetero) is 1. The van der Waals surface area contributed by atoms with Crippen molar-refractivity contribution >= 4 is 5.78 Å². The minimum atomic E-state index is -0.426. The number of phenols is 1. The average molecular weight is 193 g/mol. The Morgan fingerprint density at radius 3 is 2.50 bits per heavy atom. The predicted molar refractivity (Wildman–Crippen MR) is 55.1 cm³/mol. The molecule has 1 aromatic rings. The number of hydrogen-bond acceptors (Lipinski definition) is 3. The van der Waals surface area contributed by atoms with Gasteiger partial charge in [0.05, 0.1) is 6.04 Å². The van der Waals surface area contributed by atoms with Gasteiger partial charge in [0.1, 0.15) is 11.5 Å². The molecule has 1 aromatic carbocycles. The van der Waals surface area contributed by atoms with Crippen LogP contribution in [-0.4, -0.2) is 16.9 Å². The van der Waals surface area contributed by atoms with Gasteiger partial charge < -0.3 is 10.8 Å². The highest BCUT2D eigenvalue weighted by Crippen LogP contribution is 2.11. The van der Waals surface area contributed by atoms with E-state index >= 15 is 0 Å². The van der Waals surface area contributed by atoms with Crippen LogP contribution in [0.5, 0.6) is 5.75 Å². The number of ketones is 1. The maximum Gasteiger partial charge on any atom is 0.149 e. The van der Waals surface area contributed by atoms with Crippen LogP contribution in [0.25, 0.3) is 0 Å². The van der Waals surface area contributed by atoms with E-state index in [9.17, 15) is 4.79 Å². The number of rotatable bonds is 4. The summed E-state index contributed by atoms with van der Waals surface area (Å²) in [6.07, 6.45) is 1.01. The first-order valence-corrected chi connectivity index (χ1v) is 4.69. The highest BCUT2D eigenvalue weighted by atomic mass is 16.3. The number of nitrogens with two attached hydrogens (primary N) is 1. The largest absolute Gasteiger partial charge is 0.508 e. The summed E-state index contributed by atoms with van der Waals surface area (Å²) >= 11 is 0. The molecule has 3 heteroatoms. The minimum Gasteiger partial charge on any atom is -0.508 e. The van der Waals surface area contributed by atoms with Crippen LogP contribution < -0.4 is 5.73 Å². The van der Waals surface area contributed by atoms with E-state index in [1.165, 1.54) is 0 Å². The first-order chi connectivity index (χ1) is 6.63. The topological polar surface area (TPSA) is 63.3 Å². The molecule has 0 saturated carbocycles. The van der Waals surface area contributed by atoms with Crippen LogP contribution in [-0.2, 0) is 11.2 Å². The maximum absolute atomic E-state index is 11.2. The molecule has 0 bridgehead atoms. The molecule has 14 heavy (non-hydrogen) atoms. The Morgan fingerprint density at radius 1 is 1.43 bits per heavy atom. The lowest BCUT2D eigenvalue weighted by atomic mass is 10.0. The zero-order chi connectivity index (χ0) is 10.6. The lowest BCUT2D eigenvalue weighted by molar-refractivity contribution is -0.119. The van der Waals surface area contributed by atoms with Crippen molar-refractivity contribution in [1.82, 2.24) is 0 Å². The van der Waals surface area contributed by atoms with Gasteiger partial charge in [0.15, 0.2) is 0 Å². The molecule has 0 heterocycles. The SMILES string of the molecule is CCC(=O)[C@H](N)Cc1ccc(O)cc1. The third-order valence-electron chi connectivity index (χ3n) is 2.15. The Bertz CT molecular complexity index is 306. The summed E-state index contributed by atoms with van der Waals surface area (Å²) < 4.78 is 0. The van der Waals surface area contributed by atoms with Crippen LogP contribution in [0.1, 0.15) is 18.9 Å². The highest BCUT2D eigenvalue weighted by Gasteiger charge is 2.11. The van der Waals surface area contributed by atoms with Gasteiger partial charge in [-0.05, 0) is 24.1 Å². The molecule has 0 fully saturated rings. The highest BCUT2D eigenvalue weighted by molar-refractivity contribution is 5.83. The van der Waals surface area contributed by atoms with E-state index in [1.54, 1.807) is 31.2 Å². The molecule has 1 atom stereocenters. The number of carbonyl (C=O) groups is 1. The molecule has 0 amide bonds. The molecular weight excluding hydrogens is 178 g/mol. The van der Waals surface area contributed by atoms with Gasteiger partial charge in [-0.15, -0.1) is 0 Å². The first kappa shape index (κ1) is 10.7. The van der Waals surface area contributed by atoms with Gasteiger partial charge in [-0.2, -0.15) is 0 Å². The quantitative estimate of drug-likeness (QED) is 0.756. The second kappa shape index (κ2) is 4.77. The smallest absolute Gasteiger partial charge is 0.149 e. The Balaban J connectivity index is 2.60. The Morgan fingerprint density at radius 2 is 2.00 bits per heavy atom. The fourth-order valence-corrected chi connectivity index (χ4v) is 1.26. The summed E-state index contributed by atoms with van der Waals surface area (Å²) in [6, 6.07) is 6.32. The summed E-state index contributed by atoms with van der Waals surface area (Å²) in [5.41, 5.74) is 6.66. The van der Waals surface area contributed by atoms with E-state index in [-0.39, 0.29) is 11.5 Å². The second-order valence-electron chi connectivity index (χ2n) is 3.30. The average Bonchev–Trinajstić information content (AvgIpc) is 2.20. The van der Waals surface area contributed by atoms with Gasteiger partial charge in [-0.3, -0.25) is 4.79 Å². The Labute approximate surface area is 83.6 Å². The number of hydrogen-bond donors (Lipinski definition) is 2. The molecule has 0 aromatic heterocycles. The lowest BCUT2D eigenvalue weighted by Crippen LogP contribution is -2.32. The van der Waals surface area contributed by atoms with E-state index in [4.69, 9.17) is 10.8 Å². The molecule has 76 valence electrons. The van der Waals surface area contributed by atoms with Gasteiger partial charge in [-0.1, -0.05) is 19.1 Å². The summed E-state index contributed by atoms with van der Waals surface area (Å²) in [5, 5.41) is 9.05. The van der Waals surface area contributed by atoms with Crippen LogP contribution in [0, 0.1) is 0 Å². The summed E-state index contributed by atoms with van der Waals surface area (Å²) in [5.74, 6) is 0.294. The van der Waals surface area contributed by atoms with Crippen LogP contribution in [0.3, 0.4) is 0 Å². The monoisotopic (exact) mass is 193 g/mol. The minimum absolute atomic E-state index is 0.0677. The zero-order valence-electron chi connectivity index (χ0n) is 8.23. The summed E-state index contributed by atoms with van der Waals surface area (Å²) in [7, 11) is 0. The second-order valence-corrected chi connectivity index (χ2v) is 3.30. The van der Waals surface area contributed by atoms with Crippen molar-refractivity contribution in [3.05, 3.63) is 29.8 Å². The van der Waals surface area contributed by atoms with Crippen LogP contribution >= 0.6 is 0 Å². The molecular formula is C11H15NO2. The van der Waals surface area contributed by atoms with Crippen LogP contribution in [0.4, 0.5) is 0 Å². The number of carbonyl (C=O) groups excluding carboxylic acids is 1. The van der Waals surface area contributed by atoms with E-state index in [1.807, 2.05) is 0 Å². The molecule has 3 N–H and O–H groups in total. The van der Waals surface area contributed by atoms with Crippen molar-refractivity contribution in [3.63, 3.8) is 0 Å². The van der Waals surface area contributed by atoms with Crippen molar-refractivity contribution in [2.24, 2.45) is 5.73 Å². The zero-order valence-corrected chi connectivity index (χ0v) is 8.23. The maximum atomic E-state index is 11.2. The van der Waals surface area contributed by atoms with Crippen LogP contribution in [0.15, 0.2) is 24.3 Å². The lowest BCUT2D eigenvalue weighted by Gasteiger charge is -2.08. The molecule has 0 saturated heterocycles. The molecule has 3 nitrogen and oxygen atoms in total. The van der Waals surface area contributed by atoms with Gasteiger partial charge in [0.25, 0.3) is 0 Å². The van der Waals surface area contributed by atoms with Crippen molar-refractivity contribution in [2.45, 2.75) is 25.8 Å². The first-order valence-electron chi connectivity index (χ1n) is 4.69. The van der Waals surface area contributed by atoms with Crippen molar-refractivity contribution < 1.29 is 9.90 Å². The molecule has 0 aliphatic rings. The van der Waals surface area contributed by atoms with E-state index < -0.39 is 6.04 Å². The molecule has 0 unspecified atom stereocenters. The van der Waals surface area contributed by atoms with E-state index in [2.05, 4.69) is 0 Å². The summed E-state index contributed by atoms with van der Waals surface area (Å²) in [4.78, 5) is 11.2. The molecule has 0 spiro atoms. The van der Waals surface area contributed by atoms with E-state index in [0.717, 1.165) is 5.56 Å². The number of benzene rings is 1. The number of phenolic OH excluding ortho intramolecular Hbond substituents is 1. The third kappa shape index (κ3) is 2.85. The van der Waals surface area contributed by atoms with Gasteiger partial charge in [-0.25, -0.2) is 0 Å². The van der Waals surface area contributed by atoms with Gasteiger partial charge in [0, 0.05) is 6.42 Å². The van der Waals surface area contributed by atoms with Gasteiger partial charge in [0.2, 0.25) is 0 Å². The number of aromatic hydroxyl groups is 1. The standard InChI is InChI=1S/C11H15NO2/c1-2-11(14)10(12)7-8-3-5-9(13)6-4-8/h3-6,10,13H,2,7,12H2,1H3/t10-/m1/s1. The van der Waals surface area contributed by atoms with E-state index in [0.29, 0.717) is 12.8 Å². The third-order valence-corrected chi connectivity index (χ3v) is 2.15.